The molecule has 0 unspecified atom stereocenters. The first-order valence-electron chi connectivity index (χ1n) is 10.9. The zero-order valence-electron chi connectivity index (χ0n) is 19.1. The van der Waals surface area contributed by atoms with Crippen molar-refractivity contribution in [2.24, 2.45) is 0 Å². The number of ether oxygens (including phenoxy) is 1. The topological polar surface area (TPSA) is 117 Å². The van der Waals surface area contributed by atoms with Gasteiger partial charge in [0.2, 0.25) is 15.9 Å². The van der Waals surface area contributed by atoms with E-state index in [9.17, 15) is 18.0 Å². The molecular formula is C23H30N4O5S. The maximum atomic E-state index is 12.8. The Bertz CT molecular complexity index is 1110. The van der Waals surface area contributed by atoms with Crippen molar-refractivity contribution in [1.29, 1.82) is 0 Å². The second kappa shape index (κ2) is 10.7. The summed E-state index contributed by atoms with van der Waals surface area (Å²) in [5.74, 6) is -0.258. The minimum Gasteiger partial charge on any atom is -0.495 e. The van der Waals surface area contributed by atoms with E-state index < -0.39 is 15.9 Å². The number of carbonyl (C=O) groups is 2. The van der Waals surface area contributed by atoms with Gasteiger partial charge in [-0.15, -0.1) is 0 Å². The van der Waals surface area contributed by atoms with Gasteiger partial charge in [0.25, 0.3) is 5.91 Å². The average Bonchev–Trinajstić information content (AvgIpc) is 3.62. The lowest BCUT2D eigenvalue weighted by Crippen LogP contribution is -2.30. The summed E-state index contributed by atoms with van der Waals surface area (Å²) in [4.78, 5) is 25.1. The van der Waals surface area contributed by atoms with Gasteiger partial charge >= 0.3 is 0 Å². The quantitative estimate of drug-likeness (QED) is 0.461. The van der Waals surface area contributed by atoms with Crippen LogP contribution in [0.3, 0.4) is 0 Å². The number of carbonyl (C=O) groups excluding carboxylic acids is 2. The molecule has 1 aliphatic carbocycles. The molecule has 178 valence electrons. The van der Waals surface area contributed by atoms with Crippen molar-refractivity contribution in [3.05, 3.63) is 48.0 Å². The molecule has 3 rings (SSSR count). The van der Waals surface area contributed by atoms with E-state index >= 15 is 0 Å². The number of methoxy groups -OCH3 is 1. The molecule has 1 saturated carbocycles. The molecule has 33 heavy (non-hydrogen) atoms. The summed E-state index contributed by atoms with van der Waals surface area (Å²) in [6.07, 6.45) is 1.96. The van der Waals surface area contributed by atoms with Crippen LogP contribution in [0.1, 0.15) is 37.0 Å². The largest absolute Gasteiger partial charge is 0.495 e. The molecule has 3 N–H and O–H groups in total. The molecule has 10 heteroatoms. The van der Waals surface area contributed by atoms with Crippen molar-refractivity contribution in [3.63, 3.8) is 0 Å². The summed E-state index contributed by atoms with van der Waals surface area (Å²) < 4.78 is 32.3. The Kier molecular flexibility index (Phi) is 7.93. The van der Waals surface area contributed by atoms with Gasteiger partial charge in [-0.1, -0.05) is 26.0 Å². The number of hydrogen-bond donors (Lipinski definition) is 3. The van der Waals surface area contributed by atoms with Crippen molar-refractivity contribution in [2.75, 3.05) is 37.4 Å². The van der Waals surface area contributed by atoms with Crippen LogP contribution in [0.5, 0.6) is 5.75 Å². The molecule has 1 aliphatic rings. The Morgan fingerprint density at radius 3 is 2.39 bits per heavy atom. The highest BCUT2D eigenvalue weighted by Crippen LogP contribution is 2.29. The Morgan fingerprint density at radius 2 is 1.76 bits per heavy atom. The maximum absolute atomic E-state index is 12.8. The van der Waals surface area contributed by atoms with Crippen LogP contribution >= 0.6 is 0 Å². The Morgan fingerprint density at radius 1 is 1.06 bits per heavy atom. The van der Waals surface area contributed by atoms with Crippen LogP contribution in [0.15, 0.2) is 47.4 Å². The third kappa shape index (κ3) is 6.02. The van der Waals surface area contributed by atoms with Gasteiger partial charge in [-0.2, -0.15) is 4.31 Å². The fourth-order valence-electron chi connectivity index (χ4n) is 3.35. The Balaban J connectivity index is 1.72. The Hall–Kier alpha value is -3.11. The second-order valence-electron chi connectivity index (χ2n) is 7.65. The van der Waals surface area contributed by atoms with E-state index in [1.807, 2.05) is 0 Å². The van der Waals surface area contributed by atoms with E-state index in [0.717, 1.165) is 12.8 Å². The third-order valence-electron chi connectivity index (χ3n) is 5.31. The molecule has 9 nitrogen and oxygen atoms in total. The van der Waals surface area contributed by atoms with Crippen molar-refractivity contribution < 1.29 is 22.7 Å². The molecule has 0 radical (unpaired) electrons. The number of sulfonamides is 1. The first-order chi connectivity index (χ1) is 15.8. The summed E-state index contributed by atoms with van der Waals surface area (Å²) >= 11 is 0. The van der Waals surface area contributed by atoms with Crippen molar-refractivity contribution in [1.82, 2.24) is 9.62 Å². The molecule has 2 aromatic rings. The SMILES string of the molecule is CCN(CC)S(=O)(=O)c1ccc(OC)c(NC(=O)CNc2ccccc2C(=O)NC2CC2)c1. The molecule has 0 bridgehead atoms. The molecule has 0 atom stereocenters. The molecule has 0 spiro atoms. The molecule has 0 aliphatic heterocycles. The van der Waals surface area contributed by atoms with E-state index in [1.54, 1.807) is 38.1 Å². The summed E-state index contributed by atoms with van der Waals surface area (Å²) in [5.41, 5.74) is 1.25. The lowest BCUT2D eigenvalue weighted by molar-refractivity contribution is -0.114. The van der Waals surface area contributed by atoms with E-state index in [1.165, 1.54) is 29.6 Å². The lowest BCUT2D eigenvalue weighted by Gasteiger charge is -2.20. The van der Waals surface area contributed by atoms with Gasteiger partial charge in [0.15, 0.2) is 0 Å². The summed E-state index contributed by atoms with van der Waals surface area (Å²) in [6.45, 7) is 4.09. The van der Waals surface area contributed by atoms with E-state index in [0.29, 0.717) is 30.1 Å². The summed E-state index contributed by atoms with van der Waals surface area (Å²) in [6, 6.07) is 11.5. The van der Waals surface area contributed by atoms with E-state index in [2.05, 4.69) is 16.0 Å². The number of anilines is 2. The standard InChI is InChI=1S/C23H30N4O5S/c1-4-27(5-2)33(30,31)17-12-13-21(32-3)20(14-17)26-22(28)15-24-19-9-7-6-8-18(19)23(29)25-16-10-11-16/h6-9,12-14,16,24H,4-5,10-11,15H2,1-3H3,(H,25,29)(H,26,28). The van der Waals surface area contributed by atoms with Crippen molar-refractivity contribution >= 4 is 33.2 Å². The smallest absolute Gasteiger partial charge is 0.253 e. The van der Waals surface area contributed by atoms with Gasteiger partial charge in [0, 0.05) is 24.8 Å². The number of rotatable bonds is 11. The number of benzene rings is 2. The molecule has 1 fully saturated rings. The van der Waals surface area contributed by atoms with Crippen LogP contribution in [0.25, 0.3) is 0 Å². The predicted octanol–water partition coefficient (Wildman–Crippen LogP) is 2.67. The fraction of sp³-hybridized carbons (Fsp3) is 0.391. The highest BCUT2D eigenvalue weighted by Gasteiger charge is 2.25. The molecule has 2 amide bonds. The number of nitrogens with zero attached hydrogens (tertiary/aromatic N) is 1. The molecule has 0 heterocycles. The van der Waals surface area contributed by atoms with Gasteiger partial charge in [-0.05, 0) is 43.2 Å². The van der Waals surface area contributed by atoms with Crippen LogP contribution < -0.4 is 20.7 Å². The third-order valence-corrected chi connectivity index (χ3v) is 7.36. The number of amides is 2. The van der Waals surface area contributed by atoms with Gasteiger partial charge in [-0.25, -0.2) is 8.42 Å². The van der Waals surface area contributed by atoms with E-state index in [-0.39, 0.29) is 29.1 Å². The van der Waals surface area contributed by atoms with Gasteiger partial charge in [0.1, 0.15) is 5.75 Å². The van der Waals surface area contributed by atoms with Gasteiger partial charge in [0.05, 0.1) is 29.8 Å². The predicted molar refractivity (Wildman–Crippen MR) is 127 cm³/mol. The van der Waals surface area contributed by atoms with Crippen molar-refractivity contribution in [3.8, 4) is 5.75 Å². The fourth-order valence-corrected chi connectivity index (χ4v) is 4.84. The van der Waals surface area contributed by atoms with E-state index in [4.69, 9.17) is 4.74 Å². The summed E-state index contributed by atoms with van der Waals surface area (Å²) in [7, 11) is -2.25. The lowest BCUT2D eigenvalue weighted by atomic mass is 10.1. The number of nitrogens with one attached hydrogen (secondary N) is 3. The number of para-hydroxylation sites is 1. The zero-order chi connectivity index (χ0) is 24.0. The maximum Gasteiger partial charge on any atom is 0.253 e. The average molecular weight is 475 g/mol. The van der Waals surface area contributed by atoms with Crippen LogP contribution in [0.2, 0.25) is 0 Å². The van der Waals surface area contributed by atoms with Crippen LogP contribution in [-0.4, -0.2) is 57.3 Å². The molecular weight excluding hydrogens is 444 g/mol. The summed E-state index contributed by atoms with van der Waals surface area (Å²) in [5, 5.41) is 8.62. The zero-order valence-corrected chi connectivity index (χ0v) is 19.9. The second-order valence-corrected chi connectivity index (χ2v) is 9.58. The van der Waals surface area contributed by atoms with Crippen LogP contribution in [0.4, 0.5) is 11.4 Å². The normalized spacial score (nSPS) is 13.5. The first-order valence-corrected chi connectivity index (χ1v) is 12.4. The van der Waals surface area contributed by atoms with Gasteiger partial charge in [-0.3, -0.25) is 9.59 Å². The molecule has 0 saturated heterocycles. The van der Waals surface area contributed by atoms with Crippen molar-refractivity contribution in [2.45, 2.75) is 37.6 Å². The van der Waals surface area contributed by atoms with Gasteiger partial charge < -0.3 is 20.7 Å². The monoisotopic (exact) mass is 474 g/mol. The Labute approximate surface area is 194 Å². The molecule has 0 aromatic heterocycles. The minimum absolute atomic E-state index is 0.0670. The first kappa shape index (κ1) is 24.5. The minimum atomic E-state index is -3.69. The highest BCUT2D eigenvalue weighted by atomic mass is 32.2. The molecule has 2 aromatic carbocycles. The van der Waals surface area contributed by atoms with Crippen LogP contribution in [0, 0.1) is 0 Å². The number of hydrogen-bond acceptors (Lipinski definition) is 6. The van der Waals surface area contributed by atoms with Crippen LogP contribution in [-0.2, 0) is 14.8 Å². The highest BCUT2D eigenvalue weighted by molar-refractivity contribution is 7.89.